The summed E-state index contributed by atoms with van der Waals surface area (Å²) in [5.41, 5.74) is 0. The SMILES string of the molecule is NS(=O)(=O)C(F)(F)C(F)(F)C(F)(F)[SH](=O)=O. The Hall–Kier alpha value is -0.560. The van der Waals surface area contributed by atoms with Gasteiger partial charge in [0.05, 0.1) is 0 Å². The molecule has 0 radical (unpaired) electrons. The third-order valence-electron chi connectivity index (χ3n) is 1.33. The van der Waals surface area contributed by atoms with E-state index in [-0.39, 0.29) is 0 Å². The van der Waals surface area contributed by atoms with Gasteiger partial charge in [0.15, 0.2) is 0 Å². The van der Waals surface area contributed by atoms with Gasteiger partial charge in [-0.05, 0) is 0 Å². The Morgan fingerprint density at radius 3 is 1.44 bits per heavy atom. The zero-order valence-electron chi connectivity index (χ0n) is 6.83. The first-order valence-electron chi connectivity index (χ1n) is 3.00. The summed E-state index contributed by atoms with van der Waals surface area (Å²) in [4.78, 5) is 0. The number of hydrogen-bond donors (Lipinski definition) is 2. The fraction of sp³-hybridized carbons (Fsp3) is 1.00. The average molecular weight is 295 g/mol. The Kier molecular flexibility index (Phi) is 3.60. The van der Waals surface area contributed by atoms with E-state index in [9.17, 15) is 43.2 Å². The molecular formula is C3H3F6NO4S2. The first-order chi connectivity index (χ1) is 6.69. The largest absolute Gasteiger partial charge is 0.427 e. The van der Waals surface area contributed by atoms with Crippen LogP contribution in [0.2, 0.25) is 0 Å². The number of rotatable bonds is 4. The molecule has 0 heterocycles. The molecule has 0 aliphatic carbocycles. The van der Waals surface area contributed by atoms with E-state index in [1.54, 1.807) is 0 Å². The smallest absolute Gasteiger partial charge is 0.225 e. The first kappa shape index (κ1) is 15.4. The van der Waals surface area contributed by atoms with E-state index in [0.29, 0.717) is 0 Å². The van der Waals surface area contributed by atoms with Crippen LogP contribution in [0.5, 0.6) is 0 Å². The van der Waals surface area contributed by atoms with Crippen LogP contribution in [0.25, 0.3) is 0 Å². The molecule has 0 spiro atoms. The van der Waals surface area contributed by atoms with Crippen molar-refractivity contribution in [2.45, 2.75) is 16.4 Å². The van der Waals surface area contributed by atoms with Gasteiger partial charge >= 0.3 is 16.4 Å². The summed E-state index contributed by atoms with van der Waals surface area (Å²) in [6.45, 7) is 0. The van der Waals surface area contributed by atoms with Crippen molar-refractivity contribution in [1.82, 2.24) is 0 Å². The normalized spacial score (nSPS) is 15.5. The van der Waals surface area contributed by atoms with Gasteiger partial charge in [0, 0.05) is 0 Å². The average Bonchev–Trinajstić information content (AvgIpc) is 2.00. The molecule has 0 aromatic carbocycles. The molecule has 0 rings (SSSR count). The number of sulfonamides is 1. The summed E-state index contributed by atoms with van der Waals surface area (Å²) >= 11 is 0. The van der Waals surface area contributed by atoms with Gasteiger partial charge in [-0.1, -0.05) is 0 Å². The summed E-state index contributed by atoms with van der Waals surface area (Å²) in [6, 6.07) is 0. The summed E-state index contributed by atoms with van der Waals surface area (Å²) in [7, 11) is -11.7. The topological polar surface area (TPSA) is 94.3 Å². The van der Waals surface area contributed by atoms with Gasteiger partial charge in [-0.25, -0.2) is 22.0 Å². The minimum Gasteiger partial charge on any atom is -0.225 e. The van der Waals surface area contributed by atoms with Crippen molar-refractivity contribution in [1.29, 1.82) is 0 Å². The molecule has 0 fully saturated rings. The molecule has 0 unspecified atom stereocenters. The van der Waals surface area contributed by atoms with Crippen LogP contribution in [0.3, 0.4) is 0 Å². The molecule has 2 N–H and O–H groups in total. The van der Waals surface area contributed by atoms with Gasteiger partial charge in [-0.2, -0.15) is 26.3 Å². The monoisotopic (exact) mass is 295 g/mol. The minimum absolute atomic E-state index is 3.61. The molecule has 5 nitrogen and oxygen atoms in total. The van der Waals surface area contributed by atoms with E-state index in [2.05, 4.69) is 5.14 Å². The van der Waals surface area contributed by atoms with Gasteiger partial charge < -0.3 is 0 Å². The van der Waals surface area contributed by atoms with Crippen molar-refractivity contribution in [3.8, 4) is 0 Å². The molecule has 0 bridgehead atoms. The Balaban J connectivity index is 5.91. The fourth-order valence-electron chi connectivity index (χ4n) is 0.468. The highest BCUT2D eigenvalue weighted by Gasteiger charge is 2.78. The Morgan fingerprint density at radius 2 is 1.25 bits per heavy atom. The van der Waals surface area contributed by atoms with Crippen LogP contribution < -0.4 is 5.14 Å². The summed E-state index contributed by atoms with van der Waals surface area (Å²) in [6.07, 6.45) is 0. The van der Waals surface area contributed by atoms with Crippen LogP contribution >= 0.6 is 0 Å². The van der Waals surface area contributed by atoms with E-state index in [4.69, 9.17) is 0 Å². The molecule has 98 valence electrons. The Morgan fingerprint density at radius 1 is 0.938 bits per heavy atom. The van der Waals surface area contributed by atoms with Gasteiger partial charge in [0.1, 0.15) is 0 Å². The summed E-state index contributed by atoms with van der Waals surface area (Å²) in [5.74, 6) is -6.68. The maximum atomic E-state index is 12.4. The zero-order chi connectivity index (χ0) is 13.6. The number of nitrogens with two attached hydrogens (primary N) is 1. The fourth-order valence-corrected chi connectivity index (χ4v) is 1.40. The molecule has 0 amide bonds. The van der Waals surface area contributed by atoms with Gasteiger partial charge in [0.25, 0.3) is 10.0 Å². The Labute approximate surface area is 86.2 Å². The number of alkyl halides is 6. The van der Waals surface area contributed by atoms with E-state index in [1.807, 2.05) is 0 Å². The molecule has 0 aromatic rings. The molecule has 0 atom stereocenters. The van der Waals surface area contributed by atoms with Crippen molar-refractivity contribution in [3.05, 3.63) is 0 Å². The second-order valence-corrected chi connectivity index (χ2v) is 5.11. The lowest BCUT2D eigenvalue weighted by molar-refractivity contribution is -0.242. The van der Waals surface area contributed by atoms with E-state index < -0.39 is 37.2 Å². The number of halogens is 6. The van der Waals surface area contributed by atoms with Crippen molar-refractivity contribution in [3.63, 3.8) is 0 Å². The highest BCUT2D eigenvalue weighted by Crippen LogP contribution is 2.47. The van der Waals surface area contributed by atoms with Gasteiger partial charge in [-0.3, -0.25) is 0 Å². The molecular weight excluding hydrogens is 292 g/mol. The molecule has 13 heteroatoms. The molecule has 0 aliphatic heterocycles. The van der Waals surface area contributed by atoms with Crippen LogP contribution in [0.15, 0.2) is 0 Å². The summed E-state index contributed by atoms with van der Waals surface area (Å²) in [5, 5.41) is -9.06. The van der Waals surface area contributed by atoms with Crippen LogP contribution in [-0.2, 0) is 20.7 Å². The Bertz CT molecular complexity index is 444. The molecule has 0 saturated heterocycles. The number of hydrogen-bond acceptors (Lipinski definition) is 4. The predicted molar refractivity (Wildman–Crippen MR) is 38.3 cm³/mol. The third-order valence-corrected chi connectivity index (χ3v) is 3.04. The third kappa shape index (κ3) is 1.98. The van der Waals surface area contributed by atoms with Crippen molar-refractivity contribution in [2.75, 3.05) is 0 Å². The van der Waals surface area contributed by atoms with Gasteiger partial charge in [-0.15, -0.1) is 0 Å². The second kappa shape index (κ2) is 3.73. The molecule has 16 heavy (non-hydrogen) atoms. The lowest BCUT2D eigenvalue weighted by Gasteiger charge is -2.27. The maximum Gasteiger partial charge on any atom is 0.427 e. The lowest BCUT2D eigenvalue weighted by atomic mass is 10.3. The van der Waals surface area contributed by atoms with Gasteiger partial charge in [0.2, 0.25) is 10.7 Å². The van der Waals surface area contributed by atoms with E-state index in [1.165, 1.54) is 0 Å². The van der Waals surface area contributed by atoms with Crippen LogP contribution in [0.1, 0.15) is 0 Å². The number of primary sulfonamides is 1. The summed E-state index contributed by atoms with van der Waals surface area (Å²) < 4.78 is 113. The highest BCUT2D eigenvalue weighted by molar-refractivity contribution is 7.90. The molecule has 0 aromatic heterocycles. The minimum atomic E-state index is -6.68. The quantitative estimate of drug-likeness (QED) is 0.550. The predicted octanol–water partition coefficient (Wildman–Crippen LogP) is -0.293. The number of thiol groups is 1. The first-order valence-corrected chi connectivity index (χ1v) is 5.72. The van der Waals surface area contributed by atoms with Crippen molar-refractivity contribution < 1.29 is 43.2 Å². The zero-order valence-corrected chi connectivity index (χ0v) is 8.54. The highest BCUT2D eigenvalue weighted by atomic mass is 32.2. The van der Waals surface area contributed by atoms with Crippen LogP contribution in [-0.4, -0.2) is 33.3 Å². The van der Waals surface area contributed by atoms with E-state index >= 15 is 0 Å². The lowest BCUT2D eigenvalue weighted by Crippen LogP contribution is -2.59. The van der Waals surface area contributed by atoms with Crippen LogP contribution in [0, 0.1) is 0 Å². The standard InChI is InChI=1S/C3H3F6NO4S2/c4-1(5,2(6,7)15(11)12)3(8,9)16(10,13)14/h15H,(H2,10,13,14). The molecule has 0 aliphatic rings. The van der Waals surface area contributed by atoms with E-state index in [0.717, 1.165) is 0 Å². The second-order valence-electron chi connectivity index (χ2n) is 2.43. The van der Waals surface area contributed by atoms with Crippen molar-refractivity contribution >= 4 is 20.7 Å². The van der Waals surface area contributed by atoms with Crippen molar-refractivity contribution in [2.24, 2.45) is 5.14 Å². The maximum absolute atomic E-state index is 12.4. The van der Waals surface area contributed by atoms with Crippen LogP contribution in [0.4, 0.5) is 26.3 Å². The molecule has 0 saturated carbocycles.